The van der Waals surface area contributed by atoms with Crippen LogP contribution in [0, 0.1) is 31.6 Å². The van der Waals surface area contributed by atoms with E-state index in [4.69, 9.17) is 4.74 Å². The first-order chi connectivity index (χ1) is 18.3. The number of nitrogens with one attached hydrogen (secondary N) is 2. The third kappa shape index (κ3) is 6.98. The summed E-state index contributed by atoms with van der Waals surface area (Å²) in [6.45, 7) is 9.04. The van der Waals surface area contributed by atoms with E-state index >= 15 is 0 Å². The zero-order valence-electron chi connectivity index (χ0n) is 22.4. The maximum Gasteiger partial charge on any atom is 0.317 e. The van der Waals surface area contributed by atoms with E-state index in [1.165, 1.54) is 6.33 Å². The van der Waals surface area contributed by atoms with Crippen molar-refractivity contribution in [3.63, 3.8) is 0 Å². The molecule has 2 aromatic carbocycles. The van der Waals surface area contributed by atoms with Crippen molar-refractivity contribution in [3.05, 3.63) is 77.9 Å². The summed E-state index contributed by atoms with van der Waals surface area (Å²) in [4.78, 5) is 26.9. The van der Waals surface area contributed by atoms with Crippen molar-refractivity contribution in [3.8, 4) is 23.3 Å². The van der Waals surface area contributed by atoms with Gasteiger partial charge in [-0.3, -0.25) is 4.98 Å². The maximum absolute atomic E-state index is 12.1. The summed E-state index contributed by atoms with van der Waals surface area (Å²) in [5.74, 6) is 8.68. The van der Waals surface area contributed by atoms with E-state index in [2.05, 4.69) is 51.3 Å². The van der Waals surface area contributed by atoms with E-state index in [9.17, 15) is 4.79 Å². The lowest BCUT2D eigenvalue weighted by Gasteiger charge is -2.18. The van der Waals surface area contributed by atoms with Gasteiger partial charge in [0, 0.05) is 35.9 Å². The van der Waals surface area contributed by atoms with Crippen molar-refractivity contribution in [2.75, 3.05) is 25.5 Å². The third-order valence-electron chi connectivity index (χ3n) is 5.73. The van der Waals surface area contributed by atoms with Gasteiger partial charge in [-0.15, -0.1) is 0 Å². The summed E-state index contributed by atoms with van der Waals surface area (Å²) in [5, 5.41) is 7.07. The van der Waals surface area contributed by atoms with Gasteiger partial charge in [-0.05, 0) is 73.9 Å². The van der Waals surface area contributed by atoms with Gasteiger partial charge in [-0.2, -0.15) is 0 Å². The van der Waals surface area contributed by atoms with Crippen LogP contribution in [0.15, 0.2) is 61.1 Å². The molecular weight excluding hydrogens is 476 g/mol. The first-order valence-corrected chi connectivity index (χ1v) is 12.5. The Balaban J connectivity index is 1.46. The Morgan fingerprint density at radius 3 is 2.63 bits per heavy atom. The number of hydrogen-bond donors (Lipinski definition) is 2. The Bertz CT molecular complexity index is 1490. The standard InChI is InChI=1S/C30H32N6O2/c1-20(2)18-36(5)30(37)31-14-6-7-23-9-12-27-26(16-23)29(34-19-33-27)35-24-10-13-28(21(3)15-24)38-25-11-8-22(4)32-17-25/h8-13,15-17,19-20H,14,18H2,1-5H3,(H,31,37)(H,33,34,35). The molecule has 2 N–H and O–H groups in total. The predicted octanol–water partition coefficient (Wildman–Crippen LogP) is 5.83. The molecule has 0 fully saturated rings. The molecule has 0 saturated heterocycles. The molecular formula is C30H32N6O2. The molecule has 0 bridgehead atoms. The fourth-order valence-electron chi connectivity index (χ4n) is 3.89. The molecule has 0 saturated carbocycles. The topological polar surface area (TPSA) is 92.3 Å². The van der Waals surface area contributed by atoms with Crippen LogP contribution in [-0.2, 0) is 0 Å². The Kier molecular flexibility index (Phi) is 8.39. The number of benzene rings is 2. The number of urea groups is 1. The second-order valence-electron chi connectivity index (χ2n) is 9.53. The molecule has 38 heavy (non-hydrogen) atoms. The lowest BCUT2D eigenvalue weighted by atomic mass is 10.1. The zero-order valence-corrected chi connectivity index (χ0v) is 22.4. The predicted molar refractivity (Wildman–Crippen MR) is 151 cm³/mol. The van der Waals surface area contributed by atoms with Crippen LogP contribution in [0.1, 0.15) is 30.7 Å². The number of fused-ring (bicyclic) bond motifs is 1. The molecule has 2 aromatic heterocycles. The third-order valence-corrected chi connectivity index (χ3v) is 5.73. The summed E-state index contributed by atoms with van der Waals surface area (Å²) in [6, 6.07) is 15.3. The highest BCUT2D eigenvalue weighted by Gasteiger charge is 2.09. The van der Waals surface area contributed by atoms with Gasteiger partial charge in [0.1, 0.15) is 23.6 Å². The molecule has 8 heteroatoms. The van der Waals surface area contributed by atoms with Crippen LogP contribution >= 0.6 is 0 Å². The van der Waals surface area contributed by atoms with E-state index in [-0.39, 0.29) is 12.6 Å². The number of aromatic nitrogens is 3. The number of amides is 2. The summed E-state index contributed by atoms with van der Waals surface area (Å²) in [5.41, 5.74) is 4.41. The maximum atomic E-state index is 12.1. The average Bonchev–Trinajstić information content (AvgIpc) is 2.89. The van der Waals surface area contributed by atoms with Crippen molar-refractivity contribution in [2.45, 2.75) is 27.7 Å². The molecule has 4 rings (SSSR count). The molecule has 0 unspecified atom stereocenters. The fraction of sp³-hybridized carbons (Fsp3) is 0.267. The highest BCUT2D eigenvalue weighted by molar-refractivity contribution is 5.91. The largest absolute Gasteiger partial charge is 0.455 e. The molecule has 0 atom stereocenters. The molecule has 2 amide bonds. The van der Waals surface area contributed by atoms with Crippen LogP contribution in [0.2, 0.25) is 0 Å². The first-order valence-electron chi connectivity index (χ1n) is 12.5. The highest BCUT2D eigenvalue weighted by atomic mass is 16.5. The van der Waals surface area contributed by atoms with Crippen molar-refractivity contribution in [1.82, 2.24) is 25.2 Å². The molecule has 0 aliphatic rings. The quantitative estimate of drug-likeness (QED) is 0.305. The first kappa shape index (κ1) is 26.4. The van der Waals surface area contributed by atoms with E-state index < -0.39 is 0 Å². The monoisotopic (exact) mass is 508 g/mol. The highest BCUT2D eigenvalue weighted by Crippen LogP contribution is 2.29. The number of hydrogen-bond acceptors (Lipinski definition) is 6. The SMILES string of the molecule is Cc1ccc(Oc2ccc(Nc3ncnc4ccc(C#CCNC(=O)N(C)CC(C)C)cc34)cc2C)cn1. The molecule has 0 radical (unpaired) electrons. The van der Waals surface area contributed by atoms with E-state index in [0.29, 0.717) is 24.0 Å². The number of rotatable bonds is 7. The molecule has 4 aromatic rings. The van der Waals surface area contributed by atoms with Gasteiger partial charge in [0.05, 0.1) is 18.3 Å². The number of nitrogens with zero attached hydrogens (tertiary/aromatic N) is 4. The van der Waals surface area contributed by atoms with Crippen LogP contribution in [-0.4, -0.2) is 46.0 Å². The van der Waals surface area contributed by atoms with Crippen LogP contribution in [0.25, 0.3) is 10.9 Å². The minimum atomic E-state index is -0.131. The number of carbonyl (C=O) groups is 1. The average molecular weight is 509 g/mol. The van der Waals surface area contributed by atoms with Crippen LogP contribution < -0.4 is 15.4 Å². The molecule has 0 aliphatic heterocycles. The lowest BCUT2D eigenvalue weighted by Crippen LogP contribution is -2.39. The van der Waals surface area contributed by atoms with Crippen molar-refractivity contribution >= 4 is 28.4 Å². The lowest BCUT2D eigenvalue weighted by molar-refractivity contribution is 0.204. The summed E-state index contributed by atoms with van der Waals surface area (Å²) in [7, 11) is 1.78. The summed E-state index contributed by atoms with van der Waals surface area (Å²) >= 11 is 0. The minimum absolute atomic E-state index is 0.131. The second kappa shape index (κ2) is 12.1. The second-order valence-corrected chi connectivity index (χ2v) is 9.53. The van der Waals surface area contributed by atoms with Crippen molar-refractivity contribution < 1.29 is 9.53 Å². The fourth-order valence-corrected chi connectivity index (χ4v) is 3.89. The van der Waals surface area contributed by atoms with Gasteiger partial charge in [-0.1, -0.05) is 25.7 Å². The van der Waals surface area contributed by atoms with Crippen LogP contribution in [0.4, 0.5) is 16.3 Å². The van der Waals surface area contributed by atoms with E-state index in [1.807, 2.05) is 62.4 Å². The molecule has 0 spiro atoms. The van der Waals surface area contributed by atoms with Gasteiger partial charge in [-0.25, -0.2) is 14.8 Å². The van der Waals surface area contributed by atoms with Gasteiger partial charge in [0.25, 0.3) is 0 Å². The van der Waals surface area contributed by atoms with E-state index in [1.54, 1.807) is 18.1 Å². The number of carbonyl (C=O) groups excluding carboxylic acids is 1. The normalized spacial score (nSPS) is 10.6. The summed E-state index contributed by atoms with van der Waals surface area (Å²) in [6.07, 6.45) is 3.25. The van der Waals surface area contributed by atoms with Gasteiger partial charge >= 0.3 is 6.03 Å². The van der Waals surface area contributed by atoms with Crippen LogP contribution in [0.5, 0.6) is 11.5 Å². The molecule has 194 valence electrons. The Morgan fingerprint density at radius 2 is 1.89 bits per heavy atom. The minimum Gasteiger partial charge on any atom is -0.455 e. The van der Waals surface area contributed by atoms with Gasteiger partial charge in [0.15, 0.2) is 0 Å². The molecule has 0 aliphatic carbocycles. The number of pyridine rings is 1. The summed E-state index contributed by atoms with van der Waals surface area (Å²) < 4.78 is 5.99. The van der Waals surface area contributed by atoms with Gasteiger partial charge < -0.3 is 20.3 Å². The molecule has 8 nitrogen and oxygen atoms in total. The Morgan fingerprint density at radius 1 is 1.05 bits per heavy atom. The van der Waals surface area contributed by atoms with E-state index in [0.717, 1.165) is 39.2 Å². The van der Waals surface area contributed by atoms with Crippen molar-refractivity contribution in [1.29, 1.82) is 0 Å². The Labute approximate surface area is 223 Å². The number of ether oxygens (including phenoxy) is 1. The van der Waals surface area contributed by atoms with Crippen molar-refractivity contribution in [2.24, 2.45) is 5.92 Å². The van der Waals surface area contributed by atoms with Gasteiger partial charge in [0.2, 0.25) is 0 Å². The smallest absolute Gasteiger partial charge is 0.317 e. The van der Waals surface area contributed by atoms with Crippen LogP contribution in [0.3, 0.4) is 0 Å². The number of aryl methyl sites for hydroxylation is 2. The zero-order chi connectivity index (χ0) is 27.1. The molecule has 2 heterocycles. The number of anilines is 2. The Hall–Kier alpha value is -4.64.